The first-order chi connectivity index (χ1) is 11.6. The molecule has 0 aromatic carbocycles. The average molecular weight is 330 g/mol. The van der Waals surface area contributed by atoms with Crippen molar-refractivity contribution in [2.75, 3.05) is 24.5 Å². The van der Waals surface area contributed by atoms with Crippen LogP contribution in [0.3, 0.4) is 0 Å². The number of anilines is 1. The highest BCUT2D eigenvalue weighted by atomic mass is 16.3. The zero-order valence-corrected chi connectivity index (χ0v) is 13.7. The van der Waals surface area contributed by atoms with E-state index in [9.17, 15) is 9.90 Å². The molecule has 1 amide bonds. The van der Waals surface area contributed by atoms with Crippen molar-refractivity contribution < 1.29 is 9.90 Å². The summed E-state index contributed by atoms with van der Waals surface area (Å²) in [4.78, 5) is 22.3. The van der Waals surface area contributed by atoms with Gasteiger partial charge in [-0.3, -0.25) is 14.5 Å². The molecule has 128 valence electrons. The summed E-state index contributed by atoms with van der Waals surface area (Å²) in [5.41, 5.74) is 0.0817. The van der Waals surface area contributed by atoms with Gasteiger partial charge in [0.1, 0.15) is 11.4 Å². The number of aryl methyl sites for hydroxylation is 2. The Hall–Kier alpha value is -2.48. The molecular weight excluding hydrogens is 308 g/mol. The van der Waals surface area contributed by atoms with Crippen molar-refractivity contribution in [3.63, 3.8) is 0 Å². The Balaban J connectivity index is 1.46. The Morgan fingerprint density at radius 2 is 2.29 bits per heavy atom. The number of β-amino-alcohol motifs (C(OH)–C–C–N with tert-alkyl or cyclic N) is 1. The van der Waals surface area contributed by atoms with Gasteiger partial charge >= 0.3 is 0 Å². The Morgan fingerprint density at radius 3 is 3.00 bits per heavy atom. The summed E-state index contributed by atoms with van der Waals surface area (Å²) in [6, 6.07) is 1.90. The van der Waals surface area contributed by atoms with E-state index in [4.69, 9.17) is 0 Å². The van der Waals surface area contributed by atoms with Gasteiger partial charge in [-0.2, -0.15) is 5.10 Å². The molecule has 1 fully saturated rings. The Labute approximate surface area is 140 Å². The third kappa shape index (κ3) is 3.88. The van der Waals surface area contributed by atoms with E-state index >= 15 is 0 Å². The summed E-state index contributed by atoms with van der Waals surface area (Å²) in [5, 5.41) is 17.6. The lowest BCUT2D eigenvalue weighted by Crippen LogP contribution is -2.45. The number of rotatable bonds is 6. The van der Waals surface area contributed by atoms with Gasteiger partial charge in [0.05, 0.1) is 6.20 Å². The van der Waals surface area contributed by atoms with Crippen LogP contribution in [0.2, 0.25) is 0 Å². The van der Waals surface area contributed by atoms with Crippen molar-refractivity contribution in [3.8, 4) is 0 Å². The van der Waals surface area contributed by atoms with Crippen LogP contribution in [0.15, 0.2) is 30.9 Å². The molecule has 0 saturated carbocycles. The number of hydrogen-bond acceptors (Lipinski definition) is 6. The van der Waals surface area contributed by atoms with Crippen LogP contribution in [0.25, 0.3) is 0 Å². The zero-order valence-electron chi connectivity index (χ0n) is 13.7. The lowest BCUT2D eigenvalue weighted by Gasteiger charge is -2.24. The molecule has 8 heteroatoms. The molecule has 1 aliphatic rings. The number of aromatic nitrogens is 4. The van der Waals surface area contributed by atoms with Crippen molar-refractivity contribution in [1.82, 2.24) is 25.1 Å². The van der Waals surface area contributed by atoms with Crippen LogP contribution in [0.4, 0.5) is 5.82 Å². The van der Waals surface area contributed by atoms with Gasteiger partial charge in [0.15, 0.2) is 0 Å². The summed E-state index contributed by atoms with van der Waals surface area (Å²) < 4.78 is 1.76. The summed E-state index contributed by atoms with van der Waals surface area (Å²) in [6.07, 6.45) is 8.25. The van der Waals surface area contributed by atoms with E-state index < -0.39 is 5.60 Å². The molecule has 1 atom stereocenters. The molecule has 0 spiro atoms. The third-order valence-corrected chi connectivity index (χ3v) is 4.35. The predicted octanol–water partition coefficient (Wildman–Crippen LogP) is -0.0997. The van der Waals surface area contributed by atoms with Crippen LogP contribution in [0, 0.1) is 0 Å². The van der Waals surface area contributed by atoms with Crippen LogP contribution in [-0.2, 0) is 18.3 Å². The van der Waals surface area contributed by atoms with E-state index in [-0.39, 0.29) is 12.5 Å². The van der Waals surface area contributed by atoms with Gasteiger partial charge in [-0.25, -0.2) is 4.98 Å². The predicted molar refractivity (Wildman–Crippen MR) is 88.4 cm³/mol. The lowest BCUT2D eigenvalue weighted by molar-refractivity contribution is -0.122. The van der Waals surface area contributed by atoms with E-state index in [1.165, 1.54) is 0 Å². The number of carbonyl (C=O) groups excluding carboxylic acids is 1. The second-order valence-electron chi connectivity index (χ2n) is 6.18. The molecule has 0 bridgehead atoms. The van der Waals surface area contributed by atoms with Gasteiger partial charge < -0.3 is 15.3 Å². The maximum Gasteiger partial charge on any atom is 0.220 e. The molecule has 1 unspecified atom stereocenters. The normalized spacial score (nSPS) is 20.3. The minimum absolute atomic E-state index is 0.0671. The molecule has 2 N–H and O–H groups in total. The second kappa shape index (κ2) is 6.96. The van der Waals surface area contributed by atoms with Gasteiger partial charge in [0, 0.05) is 57.4 Å². The van der Waals surface area contributed by atoms with Crippen LogP contribution >= 0.6 is 0 Å². The van der Waals surface area contributed by atoms with Crippen molar-refractivity contribution in [3.05, 3.63) is 36.5 Å². The average Bonchev–Trinajstić information content (AvgIpc) is 3.18. The summed E-state index contributed by atoms with van der Waals surface area (Å²) in [6.45, 7) is 1.38. The number of amides is 1. The van der Waals surface area contributed by atoms with Gasteiger partial charge in [-0.15, -0.1) is 0 Å². The monoisotopic (exact) mass is 330 g/mol. The third-order valence-electron chi connectivity index (χ3n) is 4.35. The van der Waals surface area contributed by atoms with Crippen molar-refractivity contribution in [1.29, 1.82) is 0 Å². The van der Waals surface area contributed by atoms with E-state index in [0.29, 0.717) is 32.4 Å². The van der Waals surface area contributed by atoms with Crippen molar-refractivity contribution >= 4 is 11.7 Å². The Morgan fingerprint density at radius 1 is 1.42 bits per heavy atom. The number of nitrogens with zero attached hydrogens (tertiary/aromatic N) is 5. The molecule has 0 radical (unpaired) electrons. The van der Waals surface area contributed by atoms with Crippen LogP contribution in [0.1, 0.15) is 18.5 Å². The molecular formula is C16H22N6O2. The highest BCUT2D eigenvalue weighted by Gasteiger charge is 2.36. The molecule has 0 aliphatic carbocycles. The molecule has 1 aliphatic heterocycles. The zero-order chi connectivity index (χ0) is 17.0. The van der Waals surface area contributed by atoms with Gasteiger partial charge in [0.25, 0.3) is 0 Å². The number of aliphatic hydroxyl groups is 1. The fraction of sp³-hybridized carbons (Fsp3) is 0.500. The topological polar surface area (TPSA) is 96.2 Å². The molecule has 8 nitrogen and oxygen atoms in total. The minimum Gasteiger partial charge on any atom is -0.386 e. The number of nitrogens with one attached hydrogen (secondary N) is 1. The lowest BCUT2D eigenvalue weighted by atomic mass is 10.0. The second-order valence-corrected chi connectivity index (χ2v) is 6.18. The van der Waals surface area contributed by atoms with Gasteiger partial charge in [0.2, 0.25) is 5.91 Å². The Kier molecular flexibility index (Phi) is 4.75. The van der Waals surface area contributed by atoms with Gasteiger partial charge in [-0.05, 0) is 18.9 Å². The SMILES string of the molecule is Cn1nccc1CCC(=O)NCC1(O)CCN(c2cnccn2)C1. The number of hydrogen-bond donors (Lipinski definition) is 2. The van der Waals surface area contributed by atoms with Crippen molar-refractivity contribution in [2.45, 2.75) is 24.9 Å². The highest BCUT2D eigenvalue weighted by molar-refractivity contribution is 5.76. The largest absolute Gasteiger partial charge is 0.386 e. The van der Waals surface area contributed by atoms with E-state index in [0.717, 1.165) is 11.5 Å². The summed E-state index contributed by atoms with van der Waals surface area (Å²) >= 11 is 0. The van der Waals surface area contributed by atoms with Gasteiger partial charge in [-0.1, -0.05) is 0 Å². The maximum atomic E-state index is 12.0. The first-order valence-electron chi connectivity index (χ1n) is 8.03. The van der Waals surface area contributed by atoms with Crippen LogP contribution < -0.4 is 10.2 Å². The van der Waals surface area contributed by atoms with Crippen LogP contribution in [0.5, 0.6) is 0 Å². The molecule has 3 heterocycles. The van der Waals surface area contributed by atoms with E-state index in [1.54, 1.807) is 29.5 Å². The highest BCUT2D eigenvalue weighted by Crippen LogP contribution is 2.24. The minimum atomic E-state index is -0.931. The number of carbonyl (C=O) groups is 1. The fourth-order valence-electron chi connectivity index (χ4n) is 2.89. The molecule has 2 aromatic heterocycles. The van der Waals surface area contributed by atoms with E-state index in [1.807, 2.05) is 18.0 Å². The molecule has 2 aromatic rings. The summed E-state index contributed by atoms with van der Waals surface area (Å²) in [5.74, 6) is 0.679. The molecule has 1 saturated heterocycles. The van der Waals surface area contributed by atoms with E-state index in [2.05, 4.69) is 20.4 Å². The first kappa shape index (κ1) is 16.4. The quantitative estimate of drug-likeness (QED) is 0.768. The van der Waals surface area contributed by atoms with Crippen LogP contribution in [-0.4, -0.2) is 56.0 Å². The standard InChI is InChI=1S/C16H22N6O2/c1-21-13(4-6-20-21)2-3-15(23)19-11-16(24)5-9-22(12-16)14-10-17-7-8-18-14/h4,6-8,10,24H,2-3,5,9,11-12H2,1H3,(H,19,23). The molecule has 3 rings (SSSR count). The summed E-state index contributed by atoms with van der Waals surface area (Å²) in [7, 11) is 1.86. The maximum absolute atomic E-state index is 12.0. The first-order valence-corrected chi connectivity index (χ1v) is 8.03. The Bertz CT molecular complexity index is 689. The van der Waals surface area contributed by atoms with Crippen molar-refractivity contribution in [2.24, 2.45) is 7.05 Å². The smallest absolute Gasteiger partial charge is 0.220 e. The fourth-order valence-corrected chi connectivity index (χ4v) is 2.89. The molecule has 24 heavy (non-hydrogen) atoms.